The molecule has 0 radical (unpaired) electrons. The van der Waals surface area contributed by atoms with Crippen LogP contribution in [0.4, 0.5) is 5.69 Å². The summed E-state index contributed by atoms with van der Waals surface area (Å²) in [6, 6.07) is 16.6. The zero-order valence-electron chi connectivity index (χ0n) is 13.0. The molecule has 2 aromatic carbocycles. The fourth-order valence-electron chi connectivity index (χ4n) is 2.94. The molecule has 0 aromatic heterocycles. The van der Waals surface area contributed by atoms with Crippen molar-refractivity contribution in [3.05, 3.63) is 65.2 Å². The van der Waals surface area contributed by atoms with E-state index in [2.05, 4.69) is 42.6 Å². The number of para-hydroxylation sites is 1. The van der Waals surface area contributed by atoms with Gasteiger partial charge in [0, 0.05) is 31.7 Å². The molecule has 0 saturated heterocycles. The maximum atomic E-state index is 12.4. The Bertz CT molecular complexity index is 666. The SMILES string of the molecule is Cc1ccccc1NCCC(=O)N1CCc2ccccc2C1. The number of benzene rings is 2. The molecule has 1 N–H and O–H groups in total. The second-order valence-electron chi connectivity index (χ2n) is 5.83. The largest absolute Gasteiger partial charge is 0.384 e. The standard InChI is InChI=1S/C19H22N2O/c1-15-6-2-5-9-18(15)20-12-10-19(22)21-13-11-16-7-3-4-8-17(16)14-21/h2-9,20H,10-14H2,1H3. The first-order valence-electron chi connectivity index (χ1n) is 7.88. The van der Waals surface area contributed by atoms with Crippen LogP contribution in [0.25, 0.3) is 0 Å². The minimum absolute atomic E-state index is 0.232. The van der Waals surface area contributed by atoms with Crippen molar-refractivity contribution in [2.75, 3.05) is 18.4 Å². The summed E-state index contributed by atoms with van der Waals surface area (Å²) in [5.41, 5.74) is 4.99. The Hall–Kier alpha value is -2.29. The highest BCUT2D eigenvalue weighted by Gasteiger charge is 2.19. The Balaban J connectivity index is 1.52. The fourth-order valence-corrected chi connectivity index (χ4v) is 2.94. The number of nitrogens with zero attached hydrogens (tertiary/aromatic N) is 1. The summed E-state index contributed by atoms with van der Waals surface area (Å²) in [4.78, 5) is 14.3. The molecule has 3 rings (SSSR count). The number of aryl methyl sites for hydroxylation is 1. The first-order valence-corrected chi connectivity index (χ1v) is 7.88. The molecule has 1 aliphatic heterocycles. The number of carbonyl (C=O) groups is 1. The fraction of sp³-hybridized carbons (Fsp3) is 0.316. The van der Waals surface area contributed by atoms with Gasteiger partial charge in [-0.3, -0.25) is 4.79 Å². The van der Waals surface area contributed by atoms with Gasteiger partial charge in [0.25, 0.3) is 0 Å². The minimum atomic E-state index is 0.232. The van der Waals surface area contributed by atoms with Crippen molar-refractivity contribution >= 4 is 11.6 Å². The lowest BCUT2D eigenvalue weighted by Crippen LogP contribution is -2.36. The van der Waals surface area contributed by atoms with Crippen LogP contribution in [-0.4, -0.2) is 23.9 Å². The molecule has 0 atom stereocenters. The van der Waals surface area contributed by atoms with Crippen molar-refractivity contribution < 1.29 is 4.79 Å². The van der Waals surface area contributed by atoms with Crippen LogP contribution < -0.4 is 5.32 Å². The summed E-state index contributed by atoms with van der Waals surface area (Å²) in [6.07, 6.45) is 1.50. The number of anilines is 1. The lowest BCUT2D eigenvalue weighted by atomic mass is 10.00. The molecule has 1 heterocycles. The molecule has 2 aromatic rings. The van der Waals surface area contributed by atoms with Gasteiger partial charge in [0.15, 0.2) is 0 Å². The quantitative estimate of drug-likeness (QED) is 0.937. The van der Waals surface area contributed by atoms with E-state index in [0.717, 1.165) is 25.2 Å². The van der Waals surface area contributed by atoms with E-state index >= 15 is 0 Å². The Morgan fingerprint density at radius 2 is 1.82 bits per heavy atom. The van der Waals surface area contributed by atoms with Crippen molar-refractivity contribution in [3.8, 4) is 0 Å². The smallest absolute Gasteiger partial charge is 0.224 e. The highest BCUT2D eigenvalue weighted by molar-refractivity contribution is 5.77. The molecule has 3 nitrogen and oxygen atoms in total. The summed E-state index contributed by atoms with van der Waals surface area (Å²) in [5, 5.41) is 3.35. The van der Waals surface area contributed by atoms with Gasteiger partial charge in [-0.05, 0) is 36.1 Å². The van der Waals surface area contributed by atoms with E-state index in [-0.39, 0.29) is 5.91 Å². The van der Waals surface area contributed by atoms with E-state index in [4.69, 9.17) is 0 Å². The van der Waals surface area contributed by atoms with Crippen LogP contribution in [0.3, 0.4) is 0 Å². The third kappa shape index (κ3) is 3.30. The van der Waals surface area contributed by atoms with Crippen LogP contribution in [-0.2, 0) is 17.8 Å². The lowest BCUT2D eigenvalue weighted by molar-refractivity contribution is -0.131. The van der Waals surface area contributed by atoms with Crippen molar-refractivity contribution in [1.29, 1.82) is 0 Å². The summed E-state index contributed by atoms with van der Waals surface area (Å²) < 4.78 is 0. The number of rotatable bonds is 4. The second-order valence-corrected chi connectivity index (χ2v) is 5.83. The molecule has 0 unspecified atom stereocenters. The number of amides is 1. The van der Waals surface area contributed by atoms with Crippen molar-refractivity contribution in [2.24, 2.45) is 0 Å². The van der Waals surface area contributed by atoms with Crippen LogP contribution in [0.2, 0.25) is 0 Å². The van der Waals surface area contributed by atoms with Gasteiger partial charge in [-0.1, -0.05) is 42.5 Å². The summed E-state index contributed by atoms with van der Waals surface area (Å²) in [6.45, 7) is 4.34. The molecule has 0 aliphatic carbocycles. The topological polar surface area (TPSA) is 32.3 Å². The van der Waals surface area contributed by atoms with Gasteiger partial charge in [-0.15, -0.1) is 0 Å². The monoisotopic (exact) mass is 294 g/mol. The molecule has 0 bridgehead atoms. The zero-order valence-corrected chi connectivity index (χ0v) is 13.0. The van der Waals surface area contributed by atoms with Gasteiger partial charge < -0.3 is 10.2 Å². The van der Waals surface area contributed by atoms with E-state index in [1.165, 1.54) is 16.7 Å². The summed E-state index contributed by atoms with van der Waals surface area (Å²) in [5.74, 6) is 0.232. The van der Waals surface area contributed by atoms with Crippen LogP contribution in [0.1, 0.15) is 23.1 Å². The second kappa shape index (κ2) is 6.65. The highest BCUT2D eigenvalue weighted by atomic mass is 16.2. The lowest BCUT2D eigenvalue weighted by Gasteiger charge is -2.29. The van der Waals surface area contributed by atoms with Crippen LogP contribution >= 0.6 is 0 Å². The molecule has 22 heavy (non-hydrogen) atoms. The summed E-state index contributed by atoms with van der Waals surface area (Å²) >= 11 is 0. The maximum absolute atomic E-state index is 12.4. The predicted octanol–water partition coefficient (Wildman–Crippen LogP) is 3.38. The van der Waals surface area contributed by atoms with Gasteiger partial charge in [0.05, 0.1) is 0 Å². The number of hydrogen-bond acceptors (Lipinski definition) is 2. The predicted molar refractivity (Wildman–Crippen MR) is 89.8 cm³/mol. The normalized spacial score (nSPS) is 13.6. The van der Waals surface area contributed by atoms with Crippen LogP contribution in [0.5, 0.6) is 0 Å². The summed E-state index contributed by atoms with van der Waals surface area (Å²) in [7, 11) is 0. The number of hydrogen-bond donors (Lipinski definition) is 1. The van der Waals surface area contributed by atoms with Gasteiger partial charge in [0.2, 0.25) is 5.91 Å². The number of carbonyl (C=O) groups excluding carboxylic acids is 1. The Labute approximate surface area is 132 Å². The average molecular weight is 294 g/mol. The molecule has 0 spiro atoms. The van der Waals surface area contributed by atoms with E-state index in [1.54, 1.807) is 0 Å². The van der Waals surface area contributed by atoms with E-state index in [1.807, 2.05) is 23.1 Å². The Morgan fingerprint density at radius 1 is 1.09 bits per heavy atom. The van der Waals surface area contributed by atoms with Crippen molar-refractivity contribution in [2.45, 2.75) is 26.3 Å². The Morgan fingerprint density at radius 3 is 2.64 bits per heavy atom. The molecule has 1 amide bonds. The van der Waals surface area contributed by atoms with E-state index < -0.39 is 0 Å². The third-order valence-corrected chi connectivity index (χ3v) is 4.28. The molecule has 1 aliphatic rings. The minimum Gasteiger partial charge on any atom is -0.384 e. The zero-order chi connectivity index (χ0) is 15.4. The van der Waals surface area contributed by atoms with E-state index in [9.17, 15) is 4.79 Å². The average Bonchev–Trinajstić information content (AvgIpc) is 2.56. The van der Waals surface area contributed by atoms with Gasteiger partial charge in [0.1, 0.15) is 0 Å². The molecular formula is C19H22N2O. The Kier molecular flexibility index (Phi) is 4.42. The molecule has 0 saturated carbocycles. The third-order valence-electron chi connectivity index (χ3n) is 4.28. The van der Waals surface area contributed by atoms with Crippen LogP contribution in [0.15, 0.2) is 48.5 Å². The van der Waals surface area contributed by atoms with Crippen molar-refractivity contribution in [1.82, 2.24) is 4.90 Å². The van der Waals surface area contributed by atoms with E-state index in [0.29, 0.717) is 13.0 Å². The number of fused-ring (bicyclic) bond motifs is 1. The van der Waals surface area contributed by atoms with Crippen molar-refractivity contribution in [3.63, 3.8) is 0 Å². The van der Waals surface area contributed by atoms with Gasteiger partial charge in [-0.25, -0.2) is 0 Å². The molecular weight excluding hydrogens is 272 g/mol. The maximum Gasteiger partial charge on any atom is 0.224 e. The highest BCUT2D eigenvalue weighted by Crippen LogP contribution is 2.19. The molecule has 114 valence electrons. The molecule has 3 heteroatoms. The van der Waals surface area contributed by atoms with Crippen LogP contribution in [0, 0.1) is 6.92 Å². The first kappa shape index (κ1) is 14.6. The molecule has 0 fully saturated rings. The number of nitrogens with one attached hydrogen (secondary N) is 1. The van der Waals surface area contributed by atoms with Gasteiger partial charge in [-0.2, -0.15) is 0 Å². The van der Waals surface area contributed by atoms with Gasteiger partial charge >= 0.3 is 0 Å². The first-order chi connectivity index (χ1) is 10.7.